The van der Waals surface area contributed by atoms with Crippen molar-refractivity contribution in [1.29, 1.82) is 0 Å². The van der Waals surface area contributed by atoms with E-state index in [9.17, 15) is 14.7 Å². The zero-order chi connectivity index (χ0) is 8.27. The van der Waals surface area contributed by atoms with Gasteiger partial charge in [-0.1, -0.05) is 0 Å². The number of H-pyrrole nitrogens is 1. The van der Waals surface area contributed by atoms with Gasteiger partial charge in [0.05, 0.1) is 12.0 Å². The number of aromatic amines is 1. The first kappa shape index (κ1) is 11.4. The number of carboxylic acids is 1. The summed E-state index contributed by atoms with van der Waals surface area (Å²) in [6.07, 6.45) is 0.824. The quantitative estimate of drug-likeness (QED) is 0.457. The predicted molar refractivity (Wildman–Crippen MR) is 33.6 cm³/mol. The Hall–Kier alpha value is -0.650. The molecule has 0 unspecified atom stereocenters. The number of hydrogen-bond donors (Lipinski definition) is 1. The van der Waals surface area contributed by atoms with Gasteiger partial charge in [-0.3, -0.25) is 4.79 Å². The van der Waals surface area contributed by atoms with Gasteiger partial charge in [0.2, 0.25) is 0 Å². The zero-order valence-corrected chi connectivity index (χ0v) is 8.53. The van der Waals surface area contributed by atoms with Crippen LogP contribution in [0.4, 0.5) is 0 Å². The summed E-state index contributed by atoms with van der Waals surface area (Å²) < 4.78 is 0. The fourth-order valence-electron chi connectivity index (χ4n) is 0.654. The summed E-state index contributed by atoms with van der Waals surface area (Å²) in [6, 6.07) is 1.12. The molecule has 0 aliphatic carbocycles. The van der Waals surface area contributed by atoms with E-state index in [1.165, 1.54) is 0 Å². The van der Waals surface area contributed by atoms with Gasteiger partial charge in [0.25, 0.3) is 5.56 Å². The van der Waals surface area contributed by atoms with E-state index in [2.05, 4.69) is 9.97 Å². The molecule has 0 radical (unpaired) electrons. The van der Waals surface area contributed by atoms with E-state index in [0.717, 1.165) is 12.4 Å². The molecule has 5 nitrogen and oxygen atoms in total. The van der Waals surface area contributed by atoms with Crippen molar-refractivity contribution in [3.63, 3.8) is 0 Å². The van der Waals surface area contributed by atoms with Crippen molar-refractivity contribution in [2.24, 2.45) is 0 Å². The molecule has 1 aromatic heterocycles. The van der Waals surface area contributed by atoms with Gasteiger partial charge < -0.3 is 14.9 Å². The molecule has 0 saturated heterocycles. The molecule has 0 aromatic carbocycles. The van der Waals surface area contributed by atoms with Crippen LogP contribution in [-0.4, -0.2) is 15.9 Å². The summed E-state index contributed by atoms with van der Waals surface area (Å²) in [4.78, 5) is 26.4. The average molecular weight is 176 g/mol. The standard InChI is InChI=1S/C6H6N2O3.Na/c9-5-1-4(2-6(10)11)7-3-8-5;/h1,3H,2H2,(H,10,11)(H,7,8,9);/q;+1/p-1. The van der Waals surface area contributed by atoms with Crippen LogP contribution in [0.2, 0.25) is 0 Å². The second kappa shape index (κ2) is 5.08. The molecule has 1 heterocycles. The van der Waals surface area contributed by atoms with Gasteiger partial charge in [-0.2, -0.15) is 0 Å². The second-order valence-electron chi connectivity index (χ2n) is 1.95. The van der Waals surface area contributed by atoms with Gasteiger partial charge in [0.1, 0.15) is 0 Å². The Kier molecular flexibility index (Phi) is 4.80. The first-order valence-electron chi connectivity index (χ1n) is 2.92. The number of rotatable bonds is 2. The molecule has 58 valence electrons. The van der Waals surface area contributed by atoms with Gasteiger partial charge in [0.15, 0.2) is 0 Å². The van der Waals surface area contributed by atoms with Crippen molar-refractivity contribution in [3.8, 4) is 0 Å². The minimum Gasteiger partial charge on any atom is -0.550 e. The van der Waals surface area contributed by atoms with E-state index < -0.39 is 5.97 Å². The molecule has 0 spiro atoms. The number of nitrogens with zero attached hydrogens (tertiary/aromatic N) is 1. The fourth-order valence-corrected chi connectivity index (χ4v) is 0.654. The van der Waals surface area contributed by atoms with Crippen LogP contribution in [-0.2, 0) is 11.2 Å². The molecule has 1 aromatic rings. The van der Waals surface area contributed by atoms with E-state index >= 15 is 0 Å². The molecule has 0 fully saturated rings. The first-order valence-corrected chi connectivity index (χ1v) is 2.92. The van der Waals surface area contributed by atoms with Crippen molar-refractivity contribution in [2.75, 3.05) is 0 Å². The van der Waals surface area contributed by atoms with Crippen LogP contribution < -0.4 is 40.2 Å². The van der Waals surface area contributed by atoms with Gasteiger partial charge >= 0.3 is 29.6 Å². The molecule has 6 heteroatoms. The number of carbonyl (C=O) groups is 1. The summed E-state index contributed by atoms with van der Waals surface area (Å²) in [5.41, 5.74) is -0.162. The van der Waals surface area contributed by atoms with Crippen molar-refractivity contribution >= 4 is 5.97 Å². The third-order valence-electron chi connectivity index (χ3n) is 1.06. The normalized spacial score (nSPS) is 8.67. The number of nitrogens with one attached hydrogen (secondary N) is 1. The number of aromatic nitrogens is 2. The average Bonchev–Trinajstić information content (AvgIpc) is 1.85. The Balaban J connectivity index is 0.00000121. The minimum atomic E-state index is -1.25. The topological polar surface area (TPSA) is 85.9 Å². The van der Waals surface area contributed by atoms with E-state index in [1.807, 2.05) is 0 Å². The van der Waals surface area contributed by atoms with E-state index in [4.69, 9.17) is 0 Å². The number of carboxylic acid groups (broad SMARTS) is 1. The Morgan fingerprint density at radius 3 is 2.83 bits per heavy atom. The van der Waals surface area contributed by atoms with Crippen molar-refractivity contribution in [2.45, 2.75) is 6.42 Å². The van der Waals surface area contributed by atoms with Crippen molar-refractivity contribution in [3.05, 3.63) is 28.4 Å². The molecule has 0 saturated carbocycles. The summed E-state index contributed by atoms with van der Waals surface area (Å²) in [5.74, 6) is -1.25. The van der Waals surface area contributed by atoms with Gasteiger partial charge in [-0.05, 0) is 0 Å². The summed E-state index contributed by atoms with van der Waals surface area (Å²) >= 11 is 0. The number of hydrogen-bond acceptors (Lipinski definition) is 4. The summed E-state index contributed by atoms with van der Waals surface area (Å²) in [5, 5.41) is 10.0. The number of aliphatic carboxylic acids is 1. The van der Waals surface area contributed by atoms with Crippen molar-refractivity contribution < 1.29 is 39.5 Å². The van der Waals surface area contributed by atoms with Crippen LogP contribution in [0.5, 0.6) is 0 Å². The van der Waals surface area contributed by atoms with E-state index in [0.29, 0.717) is 0 Å². The molecule has 1 N–H and O–H groups in total. The zero-order valence-electron chi connectivity index (χ0n) is 6.53. The SMILES string of the molecule is O=C([O-])Cc1cc(=O)[nH]cn1.[Na+]. The van der Waals surface area contributed by atoms with Crippen LogP contribution in [0.3, 0.4) is 0 Å². The Bertz CT molecular complexity index is 323. The molecular formula is C6H5N2NaO3. The van der Waals surface area contributed by atoms with Crippen LogP contribution in [0, 0.1) is 0 Å². The first-order chi connectivity index (χ1) is 5.18. The number of carbonyl (C=O) groups excluding carboxylic acids is 1. The maximum absolute atomic E-state index is 10.6. The minimum absolute atomic E-state index is 0. The molecular weight excluding hydrogens is 171 g/mol. The third kappa shape index (κ3) is 3.66. The molecule has 0 bridgehead atoms. The molecule has 0 aliphatic heterocycles. The predicted octanol–water partition coefficient (Wildman–Crippen LogP) is -4.93. The molecule has 12 heavy (non-hydrogen) atoms. The fraction of sp³-hybridized carbons (Fsp3) is 0.167. The van der Waals surface area contributed by atoms with Crippen LogP contribution >= 0.6 is 0 Å². The Labute approximate surface area is 90.1 Å². The second-order valence-corrected chi connectivity index (χ2v) is 1.95. The molecule has 0 amide bonds. The monoisotopic (exact) mass is 176 g/mol. The van der Waals surface area contributed by atoms with Gasteiger partial charge in [0, 0.05) is 18.5 Å². The Morgan fingerprint density at radius 2 is 2.33 bits per heavy atom. The van der Waals surface area contributed by atoms with Gasteiger partial charge in [-0.15, -0.1) is 0 Å². The Morgan fingerprint density at radius 1 is 1.67 bits per heavy atom. The van der Waals surface area contributed by atoms with E-state index in [-0.39, 0.29) is 47.2 Å². The molecule has 1 rings (SSSR count). The maximum atomic E-state index is 10.6. The third-order valence-corrected chi connectivity index (χ3v) is 1.06. The summed E-state index contributed by atoms with van der Waals surface area (Å²) in [6.45, 7) is 0. The smallest absolute Gasteiger partial charge is 0.550 e. The van der Waals surface area contributed by atoms with Crippen LogP contribution in [0.25, 0.3) is 0 Å². The molecule has 0 atom stereocenters. The van der Waals surface area contributed by atoms with Crippen molar-refractivity contribution in [1.82, 2.24) is 9.97 Å². The van der Waals surface area contributed by atoms with E-state index in [1.54, 1.807) is 0 Å². The molecule has 0 aliphatic rings. The largest absolute Gasteiger partial charge is 1.00 e. The summed E-state index contributed by atoms with van der Waals surface area (Å²) in [7, 11) is 0. The van der Waals surface area contributed by atoms with Crippen LogP contribution in [0.15, 0.2) is 17.2 Å². The van der Waals surface area contributed by atoms with Gasteiger partial charge in [-0.25, -0.2) is 4.98 Å². The van der Waals surface area contributed by atoms with Crippen LogP contribution in [0.1, 0.15) is 5.69 Å². The maximum Gasteiger partial charge on any atom is 1.00 e.